The highest BCUT2D eigenvalue weighted by Crippen LogP contribution is 2.20. The predicted molar refractivity (Wildman–Crippen MR) is 85.3 cm³/mol. The predicted octanol–water partition coefficient (Wildman–Crippen LogP) is 1.73. The number of hydrogen-bond donors (Lipinski definition) is 1. The van der Waals surface area contributed by atoms with Gasteiger partial charge in [0.25, 0.3) is 5.91 Å². The van der Waals surface area contributed by atoms with Crippen molar-refractivity contribution in [2.45, 2.75) is 26.7 Å². The number of rotatable bonds is 4. The largest absolute Gasteiger partial charge is 0.436 e. The van der Waals surface area contributed by atoms with Gasteiger partial charge in [-0.3, -0.25) is 9.78 Å². The number of nitrogens with one attached hydrogen (secondary N) is 1. The summed E-state index contributed by atoms with van der Waals surface area (Å²) in [6, 6.07) is 0. The summed E-state index contributed by atoms with van der Waals surface area (Å²) in [5.74, 6) is 2.04. The molecule has 1 aliphatic heterocycles. The van der Waals surface area contributed by atoms with Crippen LogP contribution in [0.1, 0.15) is 35.0 Å². The van der Waals surface area contributed by atoms with E-state index in [1.54, 1.807) is 32.4 Å². The molecule has 1 N–H and O–H groups in total. The van der Waals surface area contributed by atoms with Crippen LogP contribution in [0.2, 0.25) is 0 Å². The van der Waals surface area contributed by atoms with Crippen LogP contribution in [-0.2, 0) is 0 Å². The molecule has 0 saturated carbocycles. The molecule has 0 bridgehead atoms. The number of piperidine rings is 1. The van der Waals surface area contributed by atoms with Gasteiger partial charge >= 0.3 is 0 Å². The molecule has 3 heterocycles. The molecule has 23 heavy (non-hydrogen) atoms. The Bertz CT molecular complexity index is 662. The normalized spacial score (nSPS) is 15.7. The first kappa shape index (κ1) is 15.5. The SMILES string of the molecule is Cc1nc(C)c(C(=O)NCC2CCN(c3cnccn3)CC2)o1. The van der Waals surface area contributed by atoms with Crippen molar-refractivity contribution in [1.82, 2.24) is 20.3 Å². The summed E-state index contributed by atoms with van der Waals surface area (Å²) in [6.45, 7) is 6.04. The molecule has 1 fully saturated rings. The lowest BCUT2D eigenvalue weighted by Crippen LogP contribution is -2.39. The van der Waals surface area contributed by atoms with Gasteiger partial charge in [0, 0.05) is 39.0 Å². The van der Waals surface area contributed by atoms with Crippen molar-refractivity contribution < 1.29 is 9.21 Å². The molecule has 1 aliphatic rings. The Morgan fingerprint density at radius 1 is 1.35 bits per heavy atom. The van der Waals surface area contributed by atoms with Gasteiger partial charge in [-0.05, 0) is 25.7 Å². The fourth-order valence-electron chi connectivity index (χ4n) is 2.88. The number of oxazole rings is 1. The van der Waals surface area contributed by atoms with Gasteiger partial charge in [0.1, 0.15) is 5.82 Å². The van der Waals surface area contributed by atoms with E-state index in [1.807, 2.05) is 0 Å². The number of carbonyl (C=O) groups is 1. The third-order valence-corrected chi connectivity index (χ3v) is 4.15. The monoisotopic (exact) mass is 315 g/mol. The first-order valence-electron chi connectivity index (χ1n) is 7.86. The molecule has 122 valence electrons. The van der Waals surface area contributed by atoms with E-state index in [2.05, 4.69) is 25.2 Å². The molecule has 2 aromatic rings. The zero-order valence-electron chi connectivity index (χ0n) is 13.5. The molecule has 0 aromatic carbocycles. The summed E-state index contributed by atoms with van der Waals surface area (Å²) in [4.78, 5) is 26.9. The maximum atomic E-state index is 12.1. The molecule has 0 unspecified atom stereocenters. The van der Waals surface area contributed by atoms with Crippen LogP contribution in [0, 0.1) is 19.8 Å². The van der Waals surface area contributed by atoms with Crippen molar-refractivity contribution in [3.63, 3.8) is 0 Å². The average Bonchev–Trinajstić information content (AvgIpc) is 2.92. The molecule has 0 aliphatic carbocycles. The van der Waals surface area contributed by atoms with Crippen molar-refractivity contribution in [2.75, 3.05) is 24.5 Å². The van der Waals surface area contributed by atoms with E-state index in [0.29, 0.717) is 29.8 Å². The molecule has 0 radical (unpaired) electrons. The van der Waals surface area contributed by atoms with Gasteiger partial charge in [0.05, 0.1) is 11.9 Å². The number of carbonyl (C=O) groups excluding carboxylic acids is 1. The molecule has 7 nitrogen and oxygen atoms in total. The highest BCUT2D eigenvalue weighted by Gasteiger charge is 2.22. The number of hydrogen-bond acceptors (Lipinski definition) is 6. The Morgan fingerprint density at radius 2 is 2.13 bits per heavy atom. The number of anilines is 1. The molecule has 7 heteroatoms. The van der Waals surface area contributed by atoms with Crippen molar-refractivity contribution >= 4 is 11.7 Å². The van der Waals surface area contributed by atoms with Gasteiger partial charge in [0.15, 0.2) is 5.89 Å². The molecule has 0 spiro atoms. The minimum absolute atomic E-state index is 0.181. The average molecular weight is 315 g/mol. The lowest BCUT2D eigenvalue weighted by Gasteiger charge is -2.32. The summed E-state index contributed by atoms with van der Waals surface area (Å²) in [5.41, 5.74) is 0.637. The lowest BCUT2D eigenvalue weighted by atomic mass is 9.97. The maximum Gasteiger partial charge on any atom is 0.289 e. The van der Waals surface area contributed by atoms with Crippen molar-refractivity contribution in [3.8, 4) is 0 Å². The van der Waals surface area contributed by atoms with Crippen LogP contribution in [0.5, 0.6) is 0 Å². The van der Waals surface area contributed by atoms with Gasteiger partial charge < -0.3 is 14.6 Å². The van der Waals surface area contributed by atoms with Gasteiger partial charge in [-0.2, -0.15) is 0 Å². The van der Waals surface area contributed by atoms with Crippen LogP contribution in [0.3, 0.4) is 0 Å². The van der Waals surface area contributed by atoms with E-state index >= 15 is 0 Å². The van der Waals surface area contributed by atoms with E-state index in [4.69, 9.17) is 4.42 Å². The minimum atomic E-state index is -0.181. The van der Waals surface area contributed by atoms with Gasteiger partial charge in [0.2, 0.25) is 5.76 Å². The smallest absolute Gasteiger partial charge is 0.289 e. The van der Waals surface area contributed by atoms with Gasteiger partial charge in [-0.1, -0.05) is 0 Å². The molecule has 1 amide bonds. The van der Waals surface area contributed by atoms with Gasteiger partial charge in [-0.25, -0.2) is 9.97 Å². The van der Waals surface area contributed by atoms with Crippen LogP contribution in [-0.4, -0.2) is 40.5 Å². The molecular weight excluding hydrogens is 294 g/mol. The first-order chi connectivity index (χ1) is 11.1. The first-order valence-corrected chi connectivity index (χ1v) is 7.86. The summed E-state index contributed by atoms with van der Waals surface area (Å²) in [5, 5.41) is 2.96. The highest BCUT2D eigenvalue weighted by molar-refractivity contribution is 5.92. The van der Waals surface area contributed by atoms with Crippen LogP contribution in [0.15, 0.2) is 23.0 Å². The summed E-state index contributed by atoms with van der Waals surface area (Å²) < 4.78 is 5.34. The van der Waals surface area contributed by atoms with E-state index in [1.165, 1.54) is 0 Å². The van der Waals surface area contributed by atoms with Crippen LogP contribution < -0.4 is 10.2 Å². The lowest BCUT2D eigenvalue weighted by molar-refractivity contribution is 0.0915. The Balaban J connectivity index is 1.48. The third kappa shape index (κ3) is 3.67. The fraction of sp³-hybridized carbons (Fsp3) is 0.500. The quantitative estimate of drug-likeness (QED) is 0.925. The van der Waals surface area contributed by atoms with E-state index in [-0.39, 0.29) is 5.91 Å². The minimum Gasteiger partial charge on any atom is -0.436 e. The van der Waals surface area contributed by atoms with Crippen LogP contribution in [0.25, 0.3) is 0 Å². The van der Waals surface area contributed by atoms with Crippen LogP contribution in [0.4, 0.5) is 5.82 Å². The van der Waals surface area contributed by atoms with Crippen LogP contribution >= 0.6 is 0 Å². The Hall–Kier alpha value is -2.44. The van der Waals surface area contributed by atoms with E-state index < -0.39 is 0 Å². The Labute approximate surface area is 135 Å². The Morgan fingerprint density at radius 3 is 2.74 bits per heavy atom. The topological polar surface area (TPSA) is 84.2 Å². The number of aromatic nitrogens is 3. The standard InChI is InChI=1S/C16H21N5O2/c1-11-15(23-12(2)20-11)16(22)19-9-13-3-7-21(8-4-13)14-10-17-5-6-18-14/h5-6,10,13H,3-4,7-9H2,1-2H3,(H,19,22). The van der Waals surface area contributed by atoms with E-state index in [0.717, 1.165) is 31.7 Å². The second-order valence-corrected chi connectivity index (χ2v) is 5.85. The van der Waals surface area contributed by atoms with Crippen molar-refractivity contribution in [1.29, 1.82) is 0 Å². The molecular formula is C16H21N5O2. The zero-order valence-corrected chi connectivity index (χ0v) is 13.5. The van der Waals surface area contributed by atoms with E-state index in [9.17, 15) is 4.79 Å². The Kier molecular flexibility index (Phi) is 4.55. The third-order valence-electron chi connectivity index (χ3n) is 4.15. The number of amides is 1. The van der Waals surface area contributed by atoms with Crippen molar-refractivity contribution in [3.05, 3.63) is 35.9 Å². The molecule has 1 saturated heterocycles. The summed E-state index contributed by atoms with van der Waals surface area (Å²) in [7, 11) is 0. The summed E-state index contributed by atoms with van der Waals surface area (Å²) >= 11 is 0. The summed E-state index contributed by atoms with van der Waals surface area (Å²) in [6.07, 6.45) is 7.22. The fourth-order valence-corrected chi connectivity index (χ4v) is 2.88. The molecule has 2 aromatic heterocycles. The number of nitrogens with zero attached hydrogens (tertiary/aromatic N) is 4. The second kappa shape index (κ2) is 6.76. The molecule has 3 rings (SSSR count). The molecule has 0 atom stereocenters. The zero-order chi connectivity index (χ0) is 16.2. The van der Waals surface area contributed by atoms with Crippen molar-refractivity contribution in [2.24, 2.45) is 5.92 Å². The maximum absolute atomic E-state index is 12.1. The van der Waals surface area contributed by atoms with Gasteiger partial charge in [-0.15, -0.1) is 0 Å². The highest BCUT2D eigenvalue weighted by atomic mass is 16.4. The number of aryl methyl sites for hydroxylation is 2. The second-order valence-electron chi connectivity index (χ2n) is 5.85.